The third kappa shape index (κ3) is 2.95. The van der Waals surface area contributed by atoms with Gasteiger partial charge in [0.25, 0.3) is 5.91 Å². The van der Waals surface area contributed by atoms with Crippen molar-refractivity contribution in [1.82, 2.24) is 0 Å². The summed E-state index contributed by atoms with van der Waals surface area (Å²) in [5.74, 6) is 0.398. The van der Waals surface area contributed by atoms with E-state index in [1.807, 2.05) is 31.2 Å². The monoisotopic (exact) mass is 346 g/mol. The maximum atomic E-state index is 13.3. The van der Waals surface area contributed by atoms with E-state index in [9.17, 15) is 9.18 Å². The zero-order valence-corrected chi connectivity index (χ0v) is 14.0. The highest BCUT2D eigenvalue weighted by atomic mass is 19.1. The molecule has 2 heterocycles. The molecule has 3 aromatic rings. The van der Waals surface area contributed by atoms with Gasteiger partial charge in [0.15, 0.2) is 0 Å². The molecule has 1 aliphatic rings. The summed E-state index contributed by atoms with van der Waals surface area (Å²) in [6, 6.07) is 17.0. The first-order valence-corrected chi connectivity index (χ1v) is 8.13. The molecular weight excluding hydrogens is 331 g/mol. The lowest BCUT2D eigenvalue weighted by atomic mass is 10.1. The third-order valence-electron chi connectivity index (χ3n) is 4.08. The number of aryl methyl sites for hydroxylation is 1. The molecule has 0 saturated heterocycles. The smallest absolute Gasteiger partial charge is 0.282 e. The van der Waals surface area contributed by atoms with E-state index in [1.165, 1.54) is 23.3 Å². The van der Waals surface area contributed by atoms with Crippen molar-refractivity contribution in [2.24, 2.45) is 4.99 Å². The van der Waals surface area contributed by atoms with Crippen LogP contribution >= 0.6 is 0 Å². The van der Waals surface area contributed by atoms with E-state index in [-0.39, 0.29) is 17.4 Å². The molecular formula is C21H15FN2O2. The lowest BCUT2D eigenvalue weighted by Crippen LogP contribution is -2.32. The molecule has 0 radical (unpaired) electrons. The standard InChI is InChI=1S/C21H15FN2O2/c1-14-4-10-17(11-5-14)24-20(15-6-8-16(22)9-7-15)23-19(21(24)25)13-18-3-2-12-26-18/h2-13H,1H3/b19-13+. The second-order valence-electron chi connectivity index (χ2n) is 5.96. The second kappa shape index (κ2) is 6.44. The summed E-state index contributed by atoms with van der Waals surface area (Å²) in [5, 5.41) is 0. The van der Waals surface area contributed by atoms with E-state index in [2.05, 4.69) is 4.99 Å². The predicted molar refractivity (Wildman–Crippen MR) is 98.3 cm³/mol. The second-order valence-corrected chi connectivity index (χ2v) is 5.96. The summed E-state index contributed by atoms with van der Waals surface area (Å²) < 4.78 is 18.6. The minimum atomic E-state index is -0.341. The number of carbonyl (C=O) groups is 1. The van der Waals surface area contributed by atoms with Crippen LogP contribution in [0.1, 0.15) is 16.9 Å². The van der Waals surface area contributed by atoms with Gasteiger partial charge in [-0.05, 0) is 55.5 Å². The first-order chi connectivity index (χ1) is 12.6. The Morgan fingerprint density at radius 1 is 1.04 bits per heavy atom. The summed E-state index contributed by atoms with van der Waals surface area (Å²) in [7, 11) is 0. The first-order valence-electron chi connectivity index (χ1n) is 8.13. The minimum Gasteiger partial charge on any atom is -0.465 e. The number of aliphatic imine (C=N–C) groups is 1. The first kappa shape index (κ1) is 16.0. The van der Waals surface area contributed by atoms with Crippen LogP contribution in [0.25, 0.3) is 6.08 Å². The summed E-state index contributed by atoms with van der Waals surface area (Å²) in [4.78, 5) is 19.0. The number of hydrogen-bond donors (Lipinski definition) is 0. The maximum Gasteiger partial charge on any atom is 0.282 e. The van der Waals surface area contributed by atoms with E-state index < -0.39 is 0 Å². The Labute approximate surface area is 149 Å². The molecule has 4 nitrogen and oxygen atoms in total. The third-order valence-corrected chi connectivity index (χ3v) is 4.08. The van der Waals surface area contributed by atoms with Crippen LogP contribution in [0.2, 0.25) is 0 Å². The van der Waals surface area contributed by atoms with E-state index in [4.69, 9.17) is 4.42 Å². The highest BCUT2D eigenvalue weighted by molar-refractivity contribution is 6.33. The number of nitrogens with zero attached hydrogens (tertiary/aromatic N) is 2. The molecule has 5 heteroatoms. The van der Waals surface area contributed by atoms with Gasteiger partial charge < -0.3 is 4.42 Å². The van der Waals surface area contributed by atoms with Gasteiger partial charge in [0.2, 0.25) is 0 Å². The largest absolute Gasteiger partial charge is 0.465 e. The van der Waals surface area contributed by atoms with E-state index in [0.717, 1.165) is 5.56 Å². The number of hydrogen-bond acceptors (Lipinski definition) is 3. The Balaban J connectivity index is 1.82. The average molecular weight is 346 g/mol. The molecule has 0 aliphatic carbocycles. The van der Waals surface area contributed by atoms with Crippen molar-refractivity contribution >= 4 is 23.5 Å². The molecule has 0 unspecified atom stereocenters. The molecule has 0 saturated carbocycles. The molecule has 1 amide bonds. The molecule has 0 N–H and O–H groups in total. The van der Waals surface area contributed by atoms with Crippen LogP contribution in [0.3, 0.4) is 0 Å². The van der Waals surface area contributed by atoms with Crippen LogP contribution in [0.5, 0.6) is 0 Å². The molecule has 0 bridgehead atoms. The van der Waals surface area contributed by atoms with Crippen LogP contribution in [0.4, 0.5) is 10.1 Å². The number of furan rings is 1. The number of anilines is 1. The number of amides is 1. The molecule has 1 aromatic heterocycles. The van der Waals surface area contributed by atoms with Crippen molar-refractivity contribution in [2.45, 2.75) is 6.92 Å². The maximum absolute atomic E-state index is 13.3. The highest BCUT2D eigenvalue weighted by Gasteiger charge is 2.32. The topological polar surface area (TPSA) is 45.8 Å². The fourth-order valence-electron chi connectivity index (χ4n) is 2.75. The molecule has 26 heavy (non-hydrogen) atoms. The SMILES string of the molecule is Cc1ccc(N2C(=O)/C(=C\c3ccco3)N=C2c2ccc(F)cc2)cc1. The van der Waals surface area contributed by atoms with Gasteiger partial charge in [-0.3, -0.25) is 9.69 Å². The van der Waals surface area contributed by atoms with Crippen LogP contribution in [-0.4, -0.2) is 11.7 Å². The Morgan fingerprint density at radius 2 is 1.77 bits per heavy atom. The zero-order chi connectivity index (χ0) is 18.1. The van der Waals surface area contributed by atoms with Gasteiger partial charge in [-0.1, -0.05) is 17.7 Å². The normalized spacial score (nSPS) is 15.6. The Hall–Kier alpha value is -3.47. The molecule has 0 spiro atoms. The number of rotatable bonds is 3. The Morgan fingerprint density at radius 3 is 2.42 bits per heavy atom. The number of benzene rings is 2. The van der Waals surface area contributed by atoms with Crippen molar-refractivity contribution in [2.75, 3.05) is 4.90 Å². The van der Waals surface area contributed by atoms with E-state index in [0.29, 0.717) is 22.8 Å². The zero-order valence-electron chi connectivity index (χ0n) is 14.0. The molecule has 2 aromatic carbocycles. The number of halogens is 1. The highest BCUT2D eigenvalue weighted by Crippen LogP contribution is 2.28. The van der Waals surface area contributed by atoms with Gasteiger partial charge in [-0.25, -0.2) is 9.38 Å². The van der Waals surface area contributed by atoms with Gasteiger partial charge in [0.1, 0.15) is 23.1 Å². The summed E-state index contributed by atoms with van der Waals surface area (Å²) in [6.07, 6.45) is 3.13. The number of carbonyl (C=O) groups excluding carboxylic acids is 1. The van der Waals surface area contributed by atoms with E-state index >= 15 is 0 Å². The lowest BCUT2D eigenvalue weighted by molar-refractivity contribution is -0.113. The van der Waals surface area contributed by atoms with Crippen LogP contribution in [0.15, 0.2) is 82.0 Å². The molecule has 0 atom stereocenters. The van der Waals surface area contributed by atoms with Crippen LogP contribution < -0.4 is 4.90 Å². The van der Waals surface area contributed by atoms with Gasteiger partial charge in [-0.15, -0.1) is 0 Å². The quantitative estimate of drug-likeness (QED) is 0.653. The Kier molecular flexibility index (Phi) is 3.97. The van der Waals surface area contributed by atoms with Gasteiger partial charge in [-0.2, -0.15) is 0 Å². The van der Waals surface area contributed by atoms with Crippen LogP contribution in [-0.2, 0) is 4.79 Å². The predicted octanol–water partition coefficient (Wildman–Crippen LogP) is 4.56. The average Bonchev–Trinajstić information content (AvgIpc) is 3.26. The van der Waals surface area contributed by atoms with Crippen molar-refractivity contribution in [3.8, 4) is 0 Å². The lowest BCUT2D eigenvalue weighted by Gasteiger charge is -2.18. The molecule has 1 aliphatic heterocycles. The van der Waals surface area contributed by atoms with Crippen molar-refractivity contribution < 1.29 is 13.6 Å². The molecule has 4 rings (SSSR count). The summed E-state index contributed by atoms with van der Waals surface area (Å²) in [6.45, 7) is 1.98. The fraction of sp³-hybridized carbons (Fsp3) is 0.0476. The Bertz CT molecular complexity index is 1000. The minimum absolute atomic E-state index is 0.260. The van der Waals surface area contributed by atoms with Crippen molar-refractivity contribution in [3.63, 3.8) is 0 Å². The van der Waals surface area contributed by atoms with Crippen molar-refractivity contribution in [3.05, 3.63) is 95.3 Å². The van der Waals surface area contributed by atoms with Crippen LogP contribution in [0, 0.1) is 12.7 Å². The van der Waals surface area contributed by atoms with Crippen molar-refractivity contribution in [1.29, 1.82) is 0 Å². The fourth-order valence-corrected chi connectivity index (χ4v) is 2.75. The van der Waals surface area contributed by atoms with Gasteiger partial charge >= 0.3 is 0 Å². The van der Waals surface area contributed by atoms with Gasteiger partial charge in [0.05, 0.1) is 12.0 Å². The molecule has 0 fully saturated rings. The summed E-state index contributed by atoms with van der Waals surface area (Å²) in [5.41, 5.74) is 2.71. The van der Waals surface area contributed by atoms with Gasteiger partial charge in [0, 0.05) is 11.6 Å². The molecule has 128 valence electrons. The van der Waals surface area contributed by atoms with E-state index in [1.54, 1.807) is 30.3 Å². The summed E-state index contributed by atoms with van der Waals surface area (Å²) >= 11 is 0. The number of amidine groups is 1.